The normalized spacial score (nSPS) is 23.2. The van der Waals surface area contributed by atoms with Gasteiger partial charge in [-0.3, -0.25) is 0 Å². The molecular weight excluding hydrogens is 322 g/mol. The van der Waals surface area contributed by atoms with Crippen LogP contribution in [-0.2, 0) is 0 Å². The lowest BCUT2D eigenvalue weighted by Crippen LogP contribution is -2.39. The lowest BCUT2D eigenvalue weighted by Gasteiger charge is -2.38. The van der Waals surface area contributed by atoms with Crippen molar-refractivity contribution in [3.05, 3.63) is 41.1 Å². The third-order valence-electron chi connectivity index (χ3n) is 6.31. The molecule has 4 rings (SSSR count). The van der Waals surface area contributed by atoms with Crippen LogP contribution in [0.2, 0.25) is 0 Å². The second-order valence-electron chi connectivity index (χ2n) is 8.22. The van der Waals surface area contributed by atoms with Crippen LogP contribution in [0.3, 0.4) is 0 Å². The molecule has 2 aromatic rings. The smallest absolute Gasteiger partial charge is 0.233 e. The van der Waals surface area contributed by atoms with Crippen LogP contribution in [0.15, 0.2) is 24.3 Å². The van der Waals surface area contributed by atoms with Gasteiger partial charge in [-0.1, -0.05) is 6.07 Å². The molecule has 1 aliphatic heterocycles. The molecule has 2 fully saturated rings. The number of ether oxygens (including phenoxy) is 1. The largest absolute Gasteiger partial charge is 0.476 e. The van der Waals surface area contributed by atoms with Crippen molar-refractivity contribution in [1.82, 2.24) is 14.7 Å². The van der Waals surface area contributed by atoms with Crippen LogP contribution in [0, 0.1) is 32.6 Å². The number of hydrogen-bond donors (Lipinski definition) is 0. The van der Waals surface area contributed by atoms with Crippen molar-refractivity contribution in [2.24, 2.45) is 11.8 Å². The van der Waals surface area contributed by atoms with E-state index >= 15 is 0 Å². The molecular formula is C22H31N3O. The Morgan fingerprint density at radius 2 is 1.77 bits per heavy atom. The first kappa shape index (κ1) is 17.6. The Labute approximate surface area is 157 Å². The number of aromatic nitrogens is 2. The van der Waals surface area contributed by atoms with Crippen LogP contribution in [0.4, 0.5) is 0 Å². The summed E-state index contributed by atoms with van der Waals surface area (Å²) in [6, 6.07) is 8.54. The summed E-state index contributed by atoms with van der Waals surface area (Å²) < 4.78 is 8.08. The molecule has 2 heterocycles. The first-order valence-corrected chi connectivity index (χ1v) is 10.1. The molecule has 1 aromatic heterocycles. The van der Waals surface area contributed by atoms with E-state index in [-0.39, 0.29) is 0 Å². The lowest BCUT2D eigenvalue weighted by atomic mass is 9.74. The molecule has 0 spiro atoms. The van der Waals surface area contributed by atoms with E-state index < -0.39 is 0 Å². The molecule has 4 nitrogen and oxygen atoms in total. The van der Waals surface area contributed by atoms with Crippen LogP contribution in [-0.4, -0.2) is 40.9 Å². The van der Waals surface area contributed by atoms with Gasteiger partial charge in [0.1, 0.15) is 0 Å². The predicted octanol–water partition coefficient (Wildman–Crippen LogP) is 4.30. The predicted molar refractivity (Wildman–Crippen MR) is 105 cm³/mol. The fourth-order valence-corrected chi connectivity index (χ4v) is 4.22. The maximum Gasteiger partial charge on any atom is 0.233 e. The fraction of sp³-hybridized carbons (Fsp3) is 0.591. The summed E-state index contributed by atoms with van der Waals surface area (Å²) in [7, 11) is 0. The molecule has 1 saturated heterocycles. The number of hydrogen-bond acceptors (Lipinski definition) is 3. The third kappa shape index (κ3) is 3.66. The van der Waals surface area contributed by atoms with Gasteiger partial charge in [0, 0.05) is 18.3 Å². The molecule has 1 aromatic carbocycles. The van der Waals surface area contributed by atoms with Gasteiger partial charge in [-0.15, -0.1) is 5.10 Å². The monoisotopic (exact) mass is 353 g/mol. The van der Waals surface area contributed by atoms with Gasteiger partial charge in [0.05, 0.1) is 12.3 Å². The highest BCUT2D eigenvalue weighted by Gasteiger charge is 2.33. The van der Waals surface area contributed by atoms with Gasteiger partial charge >= 0.3 is 0 Å². The third-order valence-corrected chi connectivity index (χ3v) is 6.31. The van der Waals surface area contributed by atoms with Crippen LogP contribution < -0.4 is 4.74 Å². The summed E-state index contributed by atoms with van der Waals surface area (Å²) in [6.07, 6.45) is 5.42. The van der Waals surface area contributed by atoms with E-state index in [1.54, 1.807) is 0 Å². The zero-order valence-corrected chi connectivity index (χ0v) is 16.4. The Bertz CT molecular complexity index is 761. The molecule has 0 N–H and O–H groups in total. The van der Waals surface area contributed by atoms with Gasteiger partial charge in [-0.05, 0) is 94.6 Å². The summed E-state index contributed by atoms with van der Waals surface area (Å²) in [5, 5.41) is 4.69. The summed E-state index contributed by atoms with van der Waals surface area (Å²) in [6.45, 7) is 11.0. The van der Waals surface area contributed by atoms with Crippen LogP contribution in [0.5, 0.6) is 5.88 Å². The van der Waals surface area contributed by atoms with Gasteiger partial charge in [-0.25, -0.2) is 4.68 Å². The quantitative estimate of drug-likeness (QED) is 0.776. The maximum absolute atomic E-state index is 6.09. The molecule has 0 radical (unpaired) electrons. The zero-order chi connectivity index (χ0) is 18.1. The van der Waals surface area contributed by atoms with E-state index in [4.69, 9.17) is 9.84 Å². The zero-order valence-electron chi connectivity index (χ0n) is 16.4. The molecule has 4 heteroatoms. The molecule has 0 unspecified atom stereocenters. The Kier molecular flexibility index (Phi) is 5.03. The summed E-state index contributed by atoms with van der Waals surface area (Å²) in [5.41, 5.74) is 4.82. The Balaban J connectivity index is 1.36. The lowest BCUT2D eigenvalue weighted by molar-refractivity contribution is 0.0732. The maximum atomic E-state index is 6.09. The van der Waals surface area contributed by atoms with Gasteiger partial charge in [-0.2, -0.15) is 0 Å². The highest BCUT2D eigenvalue weighted by molar-refractivity contribution is 5.40. The second-order valence-corrected chi connectivity index (χ2v) is 8.22. The molecule has 1 saturated carbocycles. The van der Waals surface area contributed by atoms with Crippen molar-refractivity contribution in [3.63, 3.8) is 0 Å². The van der Waals surface area contributed by atoms with E-state index in [1.165, 1.54) is 56.4 Å². The minimum absolute atomic E-state index is 0.697. The Hall–Kier alpha value is -1.81. The van der Waals surface area contributed by atoms with Crippen molar-refractivity contribution in [2.45, 2.75) is 46.5 Å². The van der Waals surface area contributed by atoms with Crippen LogP contribution in [0.25, 0.3) is 5.69 Å². The fourth-order valence-electron chi connectivity index (χ4n) is 4.22. The number of benzene rings is 1. The number of nitrogens with zero attached hydrogens (tertiary/aromatic N) is 3. The SMILES string of the molecule is Cc1ccc(-n2nc(OC[C@@H]3CC[C@@H]3CN3CCCC3)cc2C)cc1C. The summed E-state index contributed by atoms with van der Waals surface area (Å²) in [4.78, 5) is 2.63. The van der Waals surface area contributed by atoms with E-state index in [0.717, 1.165) is 29.8 Å². The van der Waals surface area contributed by atoms with Gasteiger partial charge in [0.25, 0.3) is 0 Å². The molecule has 0 bridgehead atoms. The molecule has 2 aliphatic rings. The van der Waals surface area contributed by atoms with Crippen LogP contribution >= 0.6 is 0 Å². The molecule has 140 valence electrons. The van der Waals surface area contributed by atoms with Gasteiger partial charge < -0.3 is 9.64 Å². The average molecular weight is 354 g/mol. The molecule has 2 atom stereocenters. The van der Waals surface area contributed by atoms with E-state index in [0.29, 0.717) is 5.92 Å². The van der Waals surface area contributed by atoms with E-state index in [9.17, 15) is 0 Å². The Morgan fingerprint density at radius 3 is 2.46 bits per heavy atom. The highest BCUT2D eigenvalue weighted by Crippen LogP contribution is 2.36. The minimum atomic E-state index is 0.697. The summed E-state index contributed by atoms with van der Waals surface area (Å²) in [5.74, 6) is 2.27. The summed E-state index contributed by atoms with van der Waals surface area (Å²) >= 11 is 0. The van der Waals surface area contributed by atoms with Crippen molar-refractivity contribution in [1.29, 1.82) is 0 Å². The highest BCUT2D eigenvalue weighted by atomic mass is 16.5. The number of likely N-dealkylation sites (tertiary alicyclic amines) is 1. The topological polar surface area (TPSA) is 30.3 Å². The average Bonchev–Trinajstić information content (AvgIpc) is 3.24. The minimum Gasteiger partial charge on any atom is -0.476 e. The molecule has 0 amide bonds. The second kappa shape index (κ2) is 7.43. The van der Waals surface area contributed by atoms with E-state index in [1.807, 2.05) is 4.68 Å². The van der Waals surface area contributed by atoms with E-state index in [2.05, 4.69) is 49.9 Å². The Morgan fingerprint density at radius 1 is 1.00 bits per heavy atom. The van der Waals surface area contributed by atoms with Crippen molar-refractivity contribution in [2.75, 3.05) is 26.2 Å². The molecule has 26 heavy (non-hydrogen) atoms. The molecule has 1 aliphatic carbocycles. The van der Waals surface area contributed by atoms with Crippen LogP contribution in [0.1, 0.15) is 42.5 Å². The van der Waals surface area contributed by atoms with Crippen molar-refractivity contribution >= 4 is 0 Å². The van der Waals surface area contributed by atoms with Gasteiger partial charge in [0.2, 0.25) is 5.88 Å². The van der Waals surface area contributed by atoms with Gasteiger partial charge in [0.15, 0.2) is 0 Å². The van der Waals surface area contributed by atoms with Crippen molar-refractivity contribution < 1.29 is 4.74 Å². The standard InChI is InChI=1S/C22H31N3O/c1-16-6-9-21(12-17(16)2)25-18(3)13-22(23-25)26-15-20-8-7-19(20)14-24-10-4-5-11-24/h6,9,12-13,19-20H,4-5,7-8,10-11,14-15H2,1-3H3/t19-,20+/m1/s1. The first-order chi connectivity index (χ1) is 12.6. The number of aryl methyl sites for hydroxylation is 3. The van der Waals surface area contributed by atoms with Crippen molar-refractivity contribution in [3.8, 4) is 11.6 Å². The first-order valence-electron chi connectivity index (χ1n) is 10.1. The number of rotatable bonds is 6.